The van der Waals surface area contributed by atoms with E-state index in [1.807, 2.05) is 62.4 Å². The monoisotopic (exact) mass is 793 g/mol. The standard InChI is InChI=1S/2C14H11Br2NO.Co/c2*1-9-2-4-12(5-3-9)17-8-10-6-11(15)7-13(16)14(10)18;/h2*2-8,17H,1H3;. The Bertz CT molecular complexity index is 1250. The van der Waals surface area contributed by atoms with Gasteiger partial charge in [0.15, 0.2) is 0 Å². The largest absolute Gasteiger partial charge is 0.361 e. The first-order valence-corrected chi connectivity index (χ1v) is 13.9. The second kappa shape index (κ2) is 15.0. The fourth-order valence-electron chi connectivity index (χ4n) is 3.00. The number of rotatable bonds is 4. The Hall–Kier alpha value is -1.75. The molecule has 0 amide bonds. The normalized spacial score (nSPS) is 17.0. The minimum Gasteiger partial charge on any atom is -0.361 e. The maximum atomic E-state index is 11.9. The summed E-state index contributed by atoms with van der Waals surface area (Å²) < 4.78 is 2.83. The smallest absolute Gasteiger partial charge is 0.201 e. The van der Waals surface area contributed by atoms with Gasteiger partial charge in [-0.25, -0.2) is 0 Å². The summed E-state index contributed by atoms with van der Waals surface area (Å²) in [6, 6.07) is 16.0. The number of ketones is 2. The van der Waals surface area contributed by atoms with Crippen LogP contribution in [0.5, 0.6) is 0 Å². The number of aryl methyl sites for hydroxylation is 2. The summed E-state index contributed by atoms with van der Waals surface area (Å²) in [6.45, 7) is 4.07. The molecule has 193 valence electrons. The molecule has 1 radical (unpaired) electrons. The number of halogens is 4. The molecule has 0 atom stereocenters. The van der Waals surface area contributed by atoms with Crippen LogP contribution in [-0.2, 0) is 26.4 Å². The number of nitrogens with one attached hydrogen (secondary N) is 2. The van der Waals surface area contributed by atoms with Crippen LogP contribution in [0.15, 0.2) is 114 Å². The molecule has 2 aromatic carbocycles. The van der Waals surface area contributed by atoms with Gasteiger partial charge in [-0.3, -0.25) is 9.59 Å². The number of hydrogen-bond acceptors (Lipinski definition) is 4. The summed E-state index contributed by atoms with van der Waals surface area (Å²) in [7, 11) is 0. The summed E-state index contributed by atoms with van der Waals surface area (Å²) in [5, 5.41) is 6.23. The van der Waals surface area contributed by atoms with Crippen LogP contribution >= 0.6 is 63.7 Å². The van der Waals surface area contributed by atoms with Crippen LogP contribution in [0, 0.1) is 13.8 Å². The van der Waals surface area contributed by atoms with E-state index in [1.165, 1.54) is 11.1 Å². The van der Waals surface area contributed by atoms with Gasteiger partial charge in [0, 0.05) is 60.7 Å². The van der Waals surface area contributed by atoms with Crippen molar-refractivity contribution >= 4 is 86.7 Å². The van der Waals surface area contributed by atoms with E-state index >= 15 is 0 Å². The van der Waals surface area contributed by atoms with Gasteiger partial charge < -0.3 is 10.6 Å². The molecule has 4 nitrogen and oxygen atoms in total. The second-order valence-corrected chi connectivity index (χ2v) is 11.5. The van der Waals surface area contributed by atoms with Gasteiger partial charge >= 0.3 is 0 Å². The summed E-state index contributed by atoms with van der Waals surface area (Å²) in [5.74, 6) is -0.0596. The molecular formula is C28H22Br4CoN2O2. The molecule has 2 N–H and O–H groups in total. The number of carbonyl (C=O) groups is 2. The molecule has 0 saturated heterocycles. The van der Waals surface area contributed by atoms with E-state index in [4.69, 9.17) is 0 Å². The number of Topliss-reactive ketones (excluding diaryl/α,β-unsaturated/α-hetero) is 2. The zero-order valence-electron chi connectivity index (χ0n) is 19.7. The molecule has 0 saturated carbocycles. The molecule has 2 aliphatic carbocycles. The van der Waals surface area contributed by atoms with Crippen LogP contribution in [0.3, 0.4) is 0 Å². The Kier molecular flexibility index (Phi) is 12.8. The molecular weight excluding hydrogens is 775 g/mol. The molecule has 37 heavy (non-hydrogen) atoms. The van der Waals surface area contributed by atoms with Crippen molar-refractivity contribution in [2.45, 2.75) is 13.8 Å². The van der Waals surface area contributed by atoms with Crippen molar-refractivity contribution in [1.82, 2.24) is 0 Å². The molecule has 4 rings (SSSR count). The third-order valence-electron chi connectivity index (χ3n) is 4.97. The van der Waals surface area contributed by atoms with Gasteiger partial charge in [-0.05, 0) is 94.3 Å². The molecule has 2 aromatic rings. The third kappa shape index (κ3) is 9.81. The average molecular weight is 797 g/mol. The van der Waals surface area contributed by atoms with Crippen molar-refractivity contribution < 1.29 is 26.4 Å². The molecule has 9 heteroatoms. The summed E-state index contributed by atoms with van der Waals surface area (Å²) >= 11 is 13.2. The van der Waals surface area contributed by atoms with Gasteiger partial charge in [-0.15, -0.1) is 0 Å². The first-order valence-electron chi connectivity index (χ1n) is 10.8. The van der Waals surface area contributed by atoms with Gasteiger partial charge in [0.05, 0.1) is 8.96 Å². The SMILES string of the molecule is Cc1ccc(NC=C2C=C(Br)C=C(Br)C2=O)cc1.Cc1ccc(NC=C2C=C(Br)C=C(Br)C2=O)cc1.[Co]. The quantitative estimate of drug-likeness (QED) is 0.304. The van der Waals surface area contributed by atoms with Crippen molar-refractivity contribution in [2.75, 3.05) is 10.6 Å². The van der Waals surface area contributed by atoms with Gasteiger partial charge in [-0.1, -0.05) is 67.3 Å². The van der Waals surface area contributed by atoms with Crippen LogP contribution in [0.1, 0.15) is 11.1 Å². The van der Waals surface area contributed by atoms with Crippen LogP contribution in [0.4, 0.5) is 11.4 Å². The van der Waals surface area contributed by atoms with E-state index in [1.54, 1.807) is 36.7 Å². The van der Waals surface area contributed by atoms with E-state index < -0.39 is 0 Å². The summed E-state index contributed by atoms with van der Waals surface area (Å²) in [6.07, 6.45) is 10.5. The zero-order chi connectivity index (χ0) is 26.2. The maximum absolute atomic E-state index is 11.9. The van der Waals surface area contributed by atoms with Gasteiger partial charge in [0.2, 0.25) is 11.6 Å². The topological polar surface area (TPSA) is 58.2 Å². The van der Waals surface area contributed by atoms with Gasteiger partial charge in [0.25, 0.3) is 0 Å². The van der Waals surface area contributed by atoms with E-state index in [-0.39, 0.29) is 28.3 Å². The van der Waals surface area contributed by atoms with Crippen molar-refractivity contribution in [3.8, 4) is 0 Å². The van der Waals surface area contributed by atoms with Crippen LogP contribution in [0.25, 0.3) is 0 Å². The Balaban J connectivity index is 0.000000253. The first-order chi connectivity index (χ1) is 17.1. The molecule has 0 spiro atoms. The first kappa shape index (κ1) is 31.5. The number of benzene rings is 2. The predicted octanol–water partition coefficient (Wildman–Crippen LogP) is 8.86. The molecule has 0 unspecified atom stereocenters. The van der Waals surface area contributed by atoms with Gasteiger partial charge in [0.1, 0.15) is 0 Å². The van der Waals surface area contributed by atoms with E-state index in [0.717, 1.165) is 20.3 Å². The summed E-state index contributed by atoms with van der Waals surface area (Å²) in [4.78, 5) is 23.7. The van der Waals surface area contributed by atoms with Crippen LogP contribution in [0.2, 0.25) is 0 Å². The molecule has 0 heterocycles. The fourth-order valence-corrected chi connectivity index (χ4v) is 5.51. The molecule has 0 bridgehead atoms. The van der Waals surface area contributed by atoms with E-state index in [0.29, 0.717) is 20.1 Å². The van der Waals surface area contributed by atoms with Gasteiger partial charge in [-0.2, -0.15) is 0 Å². The zero-order valence-corrected chi connectivity index (χ0v) is 27.1. The second-order valence-electron chi connectivity index (χ2n) is 7.92. The molecule has 2 aliphatic rings. The minimum absolute atomic E-state index is 0. The van der Waals surface area contributed by atoms with Crippen LogP contribution < -0.4 is 10.6 Å². The Labute approximate surface area is 260 Å². The van der Waals surface area contributed by atoms with Crippen LogP contribution in [-0.4, -0.2) is 11.6 Å². The molecule has 0 fully saturated rings. The van der Waals surface area contributed by atoms with Crippen molar-refractivity contribution in [3.05, 3.63) is 125 Å². The van der Waals surface area contributed by atoms with E-state index in [9.17, 15) is 9.59 Å². The fraction of sp³-hybridized carbons (Fsp3) is 0.0714. The number of anilines is 2. The predicted molar refractivity (Wildman–Crippen MR) is 164 cm³/mol. The van der Waals surface area contributed by atoms with Crippen molar-refractivity contribution in [1.29, 1.82) is 0 Å². The molecule has 0 aromatic heterocycles. The van der Waals surface area contributed by atoms with E-state index in [2.05, 4.69) is 74.4 Å². The Morgan fingerprint density at radius 3 is 1.22 bits per heavy atom. The number of allylic oxidation sites excluding steroid dienone is 10. The Morgan fingerprint density at radius 2 is 0.892 bits per heavy atom. The Morgan fingerprint density at radius 1 is 0.568 bits per heavy atom. The average Bonchev–Trinajstić information content (AvgIpc) is 2.84. The maximum Gasteiger partial charge on any atom is 0.201 e. The van der Waals surface area contributed by atoms with Crippen molar-refractivity contribution in [3.63, 3.8) is 0 Å². The number of carbonyl (C=O) groups excluding carboxylic acids is 2. The van der Waals surface area contributed by atoms with Crippen molar-refractivity contribution in [2.24, 2.45) is 0 Å². The third-order valence-corrected chi connectivity index (χ3v) is 7.06. The molecule has 0 aliphatic heterocycles. The minimum atomic E-state index is -0.0298. The number of hydrogen-bond donors (Lipinski definition) is 2. The summed E-state index contributed by atoms with van der Waals surface area (Å²) in [5.41, 5.74) is 5.53.